The normalized spacial score (nSPS) is 13.2. The van der Waals surface area contributed by atoms with Gasteiger partial charge in [0.25, 0.3) is 0 Å². The predicted octanol–water partition coefficient (Wildman–Crippen LogP) is 12.8. The topological polar surface area (TPSA) is 43.9 Å². The molecule has 250 valence electrons. The smallest absolute Gasteiger partial charge is 0.162 e. The molecule has 0 saturated carbocycles. The van der Waals surface area contributed by atoms with Crippen LogP contribution in [0.4, 0.5) is 0 Å². The molecule has 0 aliphatic heterocycles. The molecule has 0 fully saturated rings. The maximum atomic E-state index is 6.57. The third-order valence-corrected chi connectivity index (χ3v) is 11.2. The van der Waals surface area contributed by atoms with Gasteiger partial charge in [0.05, 0.1) is 16.7 Å². The lowest BCUT2D eigenvalue weighted by atomic mass is 9.82. The standard InChI is InChI=1S/C49H33N3O/c1-49(2)40-23-9-6-18-33(40)38-28-44-39(27-41(38)49)34-19-7-10-24-43(34)52(44)46-29-42(37-22-13-21-36-35-20-8-11-25-45(35)53-47(36)37)50-48(51-46)32-17-12-16-31(26-32)30-14-4-3-5-15-30/h3-29H,1-2H3. The highest BCUT2D eigenvalue weighted by Gasteiger charge is 2.36. The number of furan rings is 1. The molecule has 4 nitrogen and oxygen atoms in total. The van der Waals surface area contributed by atoms with E-state index in [1.807, 2.05) is 18.2 Å². The van der Waals surface area contributed by atoms with E-state index in [1.54, 1.807) is 0 Å². The Balaban J connectivity index is 1.21. The molecule has 0 unspecified atom stereocenters. The molecule has 1 aliphatic rings. The van der Waals surface area contributed by atoms with Crippen molar-refractivity contribution in [2.24, 2.45) is 0 Å². The van der Waals surface area contributed by atoms with Gasteiger partial charge in [0.1, 0.15) is 17.0 Å². The Hall–Kier alpha value is -6.78. The molecule has 7 aromatic carbocycles. The Labute approximate surface area is 306 Å². The van der Waals surface area contributed by atoms with Crippen molar-refractivity contribution in [3.63, 3.8) is 0 Å². The van der Waals surface area contributed by atoms with Crippen molar-refractivity contribution in [1.82, 2.24) is 14.5 Å². The number of para-hydroxylation sites is 3. The molecule has 10 aromatic rings. The number of aromatic nitrogens is 3. The first-order chi connectivity index (χ1) is 26.0. The van der Waals surface area contributed by atoms with E-state index in [4.69, 9.17) is 14.4 Å². The lowest BCUT2D eigenvalue weighted by Crippen LogP contribution is -2.14. The Morgan fingerprint density at radius 2 is 1.17 bits per heavy atom. The van der Waals surface area contributed by atoms with E-state index >= 15 is 0 Å². The van der Waals surface area contributed by atoms with Gasteiger partial charge in [0, 0.05) is 44.2 Å². The maximum absolute atomic E-state index is 6.57. The van der Waals surface area contributed by atoms with Crippen LogP contribution in [0.5, 0.6) is 0 Å². The average Bonchev–Trinajstić information content (AvgIpc) is 3.83. The van der Waals surface area contributed by atoms with E-state index in [2.05, 4.69) is 164 Å². The molecule has 0 amide bonds. The van der Waals surface area contributed by atoms with Crippen molar-refractivity contribution in [1.29, 1.82) is 0 Å². The largest absolute Gasteiger partial charge is 0.455 e. The lowest BCUT2D eigenvalue weighted by Gasteiger charge is -2.21. The Bertz CT molecular complexity index is 3090. The van der Waals surface area contributed by atoms with Crippen LogP contribution in [0.1, 0.15) is 25.0 Å². The van der Waals surface area contributed by atoms with E-state index in [0.29, 0.717) is 5.82 Å². The van der Waals surface area contributed by atoms with Gasteiger partial charge in [0.15, 0.2) is 5.82 Å². The Morgan fingerprint density at radius 1 is 0.472 bits per heavy atom. The summed E-state index contributed by atoms with van der Waals surface area (Å²) < 4.78 is 8.89. The summed E-state index contributed by atoms with van der Waals surface area (Å²) in [5.74, 6) is 1.46. The minimum Gasteiger partial charge on any atom is -0.455 e. The molecule has 11 rings (SSSR count). The van der Waals surface area contributed by atoms with E-state index < -0.39 is 0 Å². The quantitative estimate of drug-likeness (QED) is 0.186. The van der Waals surface area contributed by atoms with Gasteiger partial charge < -0.3 is 4.42 Å². The van der Waals surface area contributed by atoms with Crippen LogP contribution in [0, 0.1) is 0 Å². The van der Waals surface area contributed by atoms with Crippen LogP contribution < -0.4 is 0 Å². The van der Waals surface area contributed by atoms with Gasteiger partial charge in [-0.3, -0.25) is 4.57 Å². The zero-order valence-corrected chi connectivity index (χ0v) is 29.3. The van der Waals surface area contributed by atoms with Crippen molar-refractivity contribution in [3.05, 3.63) is 175 Å². The molecule has 0 saturated heterocycles. The summed E-state index contributed by atoms with van der Waals surface area (Å²) in [6.07, 6.45) is 0. The molecule has 4 heteroatoms. The van der Waals surface area contributed by atoms with Crippen molar-refractivity contribution < 1.29 is 4.42 Å². The van der Waals surface area contributed by atoms with E-state index in [9.17, 15) is 0 Å². The Kier molecular flexibility index (Phi) is 6.27. The van der Waals surface area contributed by atoms with Gasteiger partial charge in [-0.05, 0) is 69.8 Å². The summed E-state index contributed by atoms with van der Waals surface area (Å²) in [5, 5.41) is 4.57. The molecule has 0 radical (unpaired) electrons. The van der Waals surface area contributed by atoms with Gasteiger partial charge >= 0.3 is 0 Å². The highest BCUT2D eigenvalue weighted by molar-refractivity contribution is 6.12. The first-order valence-corrected chi connectivity index (χ1v) is 18.2. The SMILES string of the molecule is CC1(C)c2ccccc2-c2cc3c(cc21)c1ccccc1n3-c1cc(-c2cccc3c2oc2ccccc23)nc(-c2cccc(-c3ccccc3)c2)n1. The number of fused-ring (bicyclic) bond motifs is 9. The summed E-state index contributed by atoms with van der Waals surface area (Å²) >= 11 is 0. The molecular weight excluding hydrogens is 647 g/mol. The zero-order chi connectivity index (χ0) is 35.3. The summed E-state index contributed by atoms with van der Waals surface area (Å²) in [6, 6.07) is 58.0. The van der Waals surface area contributed by atoms with Crippen molar-refractivity contribution in [2.45, 2.75) is 19.3 Å². The van der Waals surface area contributed by atoms with Crippen molar-refractivity contribution in [2.75, 3.05) is 0 Å². The van der Waals surface area contributed by atoms with E-state index in [1.165, 1.54) is 33.0 Å². The fourth-order valence-electron chi connectivity index (χ4n) is 8.64. The van der Waals surface area contributed by atoms with E-state index in [-0.39, 0.29) is 5.41 Å². The third kappa shape index (κ3) is 4.42. The average molecular weight is 680 g/mol. The van der Waals surface area contributed by atoms with Crippen molar-refractivity contribution >= 4 is 43.7 Å². The van der Waals surface area contributed by atoms with Crippen LogP contribution in [0.3, 0.4) is 0 Å². The lowest BCUT2D eigenvalue weighted by molar-refractivity contribution is 0.661. The molecule has 0 bridgehead atoms. The molecule has 1 aliphatic carbocycles. The minimum atomic E-state index is -0.104. The highest BCUT2D eigenvalue weighted by Crippen LogP contribution is 2.51. The van der Waals surface area contributed by atoms with Crippen LogP contribution in [0.25, 0.3) is 94.5 Å². The number of rotatable bonds is 4. The fraction of sp³-hybridized carbons (Fsp3) is 0.0612. The molecule has 0 spiro atoms. The van der Waals surface area contributed by atoms with E-state index in [0.717, 1.165) is 66.7 Å². The minimum absolute atomic E-state index is 0.104. The third-order valence-electron chi connectivity index (χ3n) is 11.2. The number of hydrogen-bond donors (Lipinski definition) is 0. The predicted molar refractivity (Wildman–Crippen MR) is 218 cm³/mol. The summed E-state index contributed by atoms with van der Waals surface area (Å²) in [7, 11) is 0. The molecular formula is C49H33N3O. The maximum Gasteiger partial charge on any atom is 0.162 e. The number of benzene rings is 7. The molecule has 0 N–H and O–H groups in total. The van der Waals surface area contributed by atoms with Crippen LogP contribution in [0.2, 0.25) is 0 Å². The Morgan fingerprint density at radius 3 is 2.08 bits per heavy atom. The molecule has 0 atom stereocenters. The number of nitrogens with zero attached hydrogens (tertiary/aromatic N) is 3. The fourth-order valence-corrected chi connectivity index (χ4v) is 8.64. The second-order valence-electron chi connectivity index (χ2n) is 14.6. The second kappa shape index (κ2) is 11.1. The molecule has 53 heavy (non-hydrogen) atoms. The van der Waals surface area contributed by atoms with Crippen LogP contribution in [0.15, 0.2) is 168 Å². The van der Waals surface area contributed by atoms with Gasteiger partial charge in [-0.1, -0.05) is 135 Å². The monoisotopic (exact) mass is 679 g/mol. The van der Waals surface area contributed by atoms with Crippen LogP contribution in [-0.4, -0.2) is 14.5 Å². The molecule has 3 aromatic heterocycles. The van der Waals surface area contributed by atoms with Crippen molar-refractivity contribution in [3.8, 4) is 50.7 Å². The van der Waals surface area contributed by atoms with Gasteiger partial charge in [0.2, 0.25) is 0 Å². The van der Waals surface area contributed by atoms with Gasteiger partial charge in [-0.2, -0.15) is 0 Å². The molecule has 3 heterocycles. The summed E-state index contributed by atoms with van der Waals surface area (Å²) in [5.41, 5.74) is 14.0. The highest BCUT2D eigenvalue weighted by atomic mass is 16.3. The zero-order valence-electron chi connectivity index (χ0n) is 29.3. The van der Waals surface area contributed by atoms with Crippen LogP contribution >= 0.6 is 0 Å². The van der Waals surface area contributed by atoms with Crippen LogP contribution in [-0.2, 0) is 5.41 Å². The van der Waals surface area contributed by atoms with Gasteiger partial charge in [-0.15, -0.1) is 0 Å². The number of hydrogen-bond acceptors (Lipinski definition) is 3. The second-order valence-corrected chi connectivity index (χ2v) is 14.6. The van der Waals surface area contributed by atoms with Gasteiger partial charge in [-0.25, -0.2) is 9.97 Å². The summed E-state index contributed by atoms with van der Waals surface area (Å²) in [4.78, 5) is 10.7. The first-order valence-electron chi connectivity index (χ1n) is 18.2. The summed E-state index contributed by atoms with van der Waals surface area (Å²) in [6.45, 7) is 4.68. The first kappa shape index (κ1) is 29.9.